The van der Waals surface area contributed by atoms with Crippen molar-refractivity contribution in [3.05, 3.63) is 99.0 Å². The fourth-order valence-electron chi connectivity index (χ4n) is 9.32. The number of primary amides is 1. The van der Waals surface area contributed by atoms with Gasteiger partial charge in [-0.2, -0.15) is 0 Å². The van der Waals surface area contributed by atoms with Gasteiger partial charge in [0.1, 0.15) is 6.04 Å². The summed E-state index contributed by atoms with van der Waals surface area (Å²) in [6.07, 6.45) is 6.76. The Labute approximate surface area is 373 Å². The number of imidazole rings is 1. The Morgan fingerprint density at radius 2 is 1.50 bits per heavy atom. The molecule has 0 bridgehead atoms. The lowest BCUT2D eigenvalue weighted by Gasteiger charge is -2.29. The van der Waals surface area contributed by atoms with Gasteiger partial charge in [-0.3, -0.25) is 43.3 Å². The molecular formula is C49H62N6O9. The van der Waals surface area contributed by atoms with E-state index in [2.05, 4.69) is 17.4 Å². The number of hydrogen-bond acceptors (Lipinski definition) is 10. The number of hydrogen-bond donors (Lipinski definition) is 3. The molecule has 3 aromatic carbocycles. The summed E-state index contributed by atoms with van der Waals surface area (Å²) in [4.78, 5) is 77.9. The molecular weight excluding hydrogens is 817 g/mol. The van der Waals surface area contributed by atoms with Crippen LogP contribution in [0, 0.1) is 5.92 Å². The predicted octanol–water partition coefficient (Wildman–Crippen LogP) is 4.28. The predicted molar refractivity (Wildman–Crippen MR) is 241 cm³/mol. The number of benzene rings is 3. The molecule has 3 aliphatic rings. The lowest BCUT2D eigenvalue weighted by atomic mass is 9.89. The van der Waals surface area contributed by atoms with Crippen molar-refractivity contribution in [3.8, 4) is 0 Å². The molecule has 0 aliphatic carbocycles. The number of para-hydroxylation sites is 1. The van der Waals surface area contributed by atoms with Crippen molar-refractivity contribution in [2.75, 3.05) is 31.3 Å². The third kappa shape index (κ3) is 11.1. The Morgan fingerprint density at radius 3 is 2.22 bits per heavy atom. The Morgan fingerprint density at radius 1 is 0.828 bits per heavy atom. The van der Waals surface area contributed by atoms with E-state index in [1.807, 2.05) is 55.5 Å². The van der Waals surface area contributed by atoms with Gasteiger partial charge in [0.2, 0.25) is 23.6 Å². The zero-order valence-corrected chi connectivity index (χ0v) is 37.1. The summed E-state index contributed by atoms with van der Waals surface area (Å²) in [6, 6.07) is 18.1. The number of imide groups is 1. The lowest BCUT2D eigenvalue weighted by Crippen LogP contribution is -2.50. The average molecular weight is 879 g/mol. The highest BCUT2D eigenvalue weighted by Crippen LogP contribution is 2.40. The van der Waals surface area contributed by atoms with E-state index in [-0.39, 0.29) is 54.6 Å². The molecule has 0 saturated carbocycles. The van der Waals surface area contributed by atoms with Crippen molar-refractivity contribution in [2.24, 2.45) is 24.4 Å². The summed E-state index contributed by atoms with van der Waals surface area (Å²) >= 11 is 0. The van der Waals surface area contributed by atoms with E-state index >= 15 is 0 Å². The highest BCUT2D eigenvalue weighted by molar-refractivity contribution is 6.07. The number of amides is 4. The minimum Gasteiger partial charge on any atom is -0.381 e. The molecule has 1 aromatic heterocycles. The fraction of sp³-hybridized carbons (Fsp3) is 0.510. The molecule has 64 heavy (non-hydrogen) atoms. The van der Waals surface area contributed by atoms with Crippen LogP contribution < -0.4 is 27.4 Å². The number of ketones is 1. The number of aryl methyl sites for hydroxylation is 4. The van der Waals surface area contributed by atoms with Gasteiger partial charge in [-0.15, -0.1) is 0 Å². The zero-order valence-electron chi connectivity index (χ0n) is 37.1. The Balaban J connectivity index is 0.773. The third-order valence-corrected chi connectivity index (χ3v) is 13.0. The lowest BCUT2D eigenvalue weighted by molar-refractivity contribution is -0.135. The second-order valence-electron chi connectivity index (χ2n) is 17.6. The Bertz CT molecular complexity index is 2390. The SMILES string of the molecule is C[C@@H](OCc1ccc(CCCOCCCOCCCc2ccc3c(c2)n(C)c(=O)n3C2CCC(=O)NC2=O)cc1)[C@H](CCC(N)=O)CC(=O)[C@@H]1Cc2cccc3c2N1C(=O)[C@@H](N)CC3. The molecule has 1 fully saturated rings. The van der Waals surface area contributed by atoms with E-state index in [9.17, 15) is 28.8 Å². The highest BCUT2D eigenvalue weighted by atomic mass is 16.5. The average Bonchev–Trinajstić information content (AvgIpc) is 3.75. The molecule has 0 spiro atoms. The number of piperidine rings is 1. The van der Waals surface area contributed by atoms with Gasteiger partial charge in [-0.05, 0) is 111 Å². The number of ether oxygens (including phenoxy) is 3. The first-order valence-corrected chi connectivity index (χ1v) is 22.8. The van der Waals surface area contributed by atoms with E-state index in [1.54, 1.807) is 16.5 Å². The van der Waals surface area contributed by atoms with Crippen LogP contribution in [0.15, 0.2) is 65.5 Å². The van der Waals surface area contributed by atoms with Gasteiger partial charge in [0.15, 0.2) is 5.78 Å². The summed E-state index contributed by atoms with van der Waals surface area (Å²) in [5, 5.41) is 2.34. The van der Waals surface area contributed by atoms with Gasteiger partial charge in [-0.25, -0.2) is 4.79 Å². The highest BCUT2D eigenvalue weighted by Gasteiger charge is 2.43. The zero-order chi connectivity index (χ0) is 45.3. The maximum absolute atomic E-state index is 13.9. The second kappa shape index (κ2) is 21.5. The monoisotopic (exact) mass is 878 g/mol. The summed E-state index contributed by atoms with van der Waals surface area (Å²) in [5.74, 6) is -1.71. The Hall–Kier alpha value is -5.48. The van der Waals surface area contributed by atoms with Gasteiger partial charge < -0.3 is 25.7 Å². The van der Waals surface area contributed by atoms with Gasteiger partial charge in [0, 0.05) is 59.2 Å². The number of nitrogens with one attached hydrogen (secondary N) is 1. The van der Waals surface area contributed by atoms with Crippen molar-refractivity contribution in [1.82, 2.24) is 14.5 Å². The number of nitrogens with zero attached hydrogens (tertiary/aromatic N) is 3. The number of fused-ring (bicyclic) bond motifs is 1. The molecule has 4 amide bonds. The quantitative estimate of drug-likeness (QED) is 0.0712. The molecule has 15 nitrogen and oxygen atoms in total. The van der Waals surface area contributed by atoms with E-state index in [0.717, 1.165) is 65.6 Å². The molecule has 5 atom stereocenters. The number of rotatable bonds is 23. The number of nitrogens with two attached hydrogens (primary N) is 2. The van der Waals surface area contributed by atoms with Crippen LogP contribution in [0.1, 0.15) is 98.6 Å². The van der Waals surface area contributed by atoms with Crippen LogP contribution in [0.2, 0.25) is 0 Å². The largest absolute Gasteiger partial charge is 0.381 e. The third-order valence-electron chi connectivity index (χ3n) is 13.0. The van der Waals surface area contributed by atoms with Crippen molar-refractivity contribution in [1.29, 1.82) is 0 Å². The smallest absolute Gasteiger partial charge is 0.329 e. The maximum Gasteiger partial charge on any atom is 0.329 e. The van der Waals surface area contributed by atoms with Crippen LogP contribution in [-0.2, 0) is 77.5 Å². The minimum atomic E-state index is -0.698. The van der Waals surface area contributed by atoms with Gasteiger partial charge in [0.25, 0.3) is 0 Å². The molecule has 3 aliphatic heterocycles. The van der Waals surface area contributed by atoms with Crippen molar-refractivity contribution in [3.63, 3.8) is 0 Å². The molecule has 15 heteroatoms. The molecule has 0 radical (unpaired) electrons. The first kappa shape index (κ1) is 46.5. The maximum atomic E-state index is 13.9. The molecule has 1 unspecified atom stereocenters. The number of carbonyl (C=O) groups is 5. The van der Waals surface area contributed by atoms with Crippen LogP contribution in [-0.4, -0.2) is 83.2 Å². The summed E-state index contributed by atoms with van der Waals surface area (Å²) in [5.41, 5.74) is 19.1. The molecule has 4 heterocycles. The number of aromatic nitrogens is 2. The first-order chi connectivity index (χ1) is 30.9. The number of Topliss-reactive ketones (excluding diaryl/α,β-unsaturated/α-hetero) is 1. The van der Waals surface area contributed by atoms with Crippen LogP contribution in [0.5, 0.6) is 0 Å². The van der Waals surface area contributed by atoms with Crippen LogP contribution in [0.3, 0.4) is 0 Å². The van der Waals surface area contributed by atoms with Gasteiger partial charge in [-0.1, -0.05) is 48.5 Å². The van der Waals surface area contributed by atoms with Crippen LogP contribution in [0.4, 0.5) is 5.69 Å². The van der Waals surface area contributed by atoms with Gasteiger partial charge in [0.05, 0.1) is 41.5 Å². The summed E-state index contributed by atoms with van der Waals surface area (Å²) in [7, 11) is 1.70. The van der Waals surface area contributed by atoms with Crippen LogP contribution in [0.25, 0.3) is 11.0 Å². The summed E-state index contributed by atoms with van der Waals surface area (Å²) < 4.78 is 21.1. The normalized spacial score (nSPS) is 19.4. The van der Waals surface area contributed by atoms with Crippen LogP contribution >= 0.6 is 0 Å². The minimum absolute atomic E-state index is 0.0607. The molecule has 7 rings (SSSR count). The molecule has 4 aromatic rings. The molecule has 342 valence electrons. The van der Waals surface area contributed by atoms with E-state index in [1.165, 1.54) is 10.1 Å². The topological polar surface area (TPSA) is 207 Å². The van der Waals surface area contributed by atoms with Gasteiger partial charge >= 0.3 is 5.69 Å². The van der Waals surface area contributed by atoms with Crippen molar-refractivity contribution >= 4 is 46.1 Å². The first-order valence-electron chi connectivity index (χ1n) is 22.8. The molecule has 1 saturated heterocycles. The summed E-state index contributed by atoms with van der Waals surface area (Å²) in [6.45, 7) is 4.77. The fourth-order valence-corrected chi connectivity index (χ4v) is 9.32. The van der Waals surface area contributed by atoms with Crippen molar-refractivity contribution < 1.29 is 38.2 Å². The van der Waals surface area contributed by atoms with E-state index in [4.69, 9.17) is 25.7 Å². The standard InChI is InChI=1S/C49H62N6O9/c1-31(36(17-21-44(51)57)29-43(56)42-28-37-10-3-9-35-16-18-38(50)48(60)55(42)46(35)37)64-30-34-13-11-32(12-14-34)7-4-23-62-25-6-26-63-24-5-8-33-15-19-39-41(27-33)53(2)49(61)54(39)40-20-22-45(58)52-47(40)59/h3,9-15,19,27,31,36,38,40,42H,4-8,16-18,20-26,28-30,50H2,1-2H3,(H2,51,57)(H,52,58,59)/t31-,36-,38+,40?,42+/m1/s1. The van der Waals surface area contributed by atoms with E-state index in [0.29, 0.717) is 70.7 Å². The number of carbonyl (C=O) groups excluding carboxylic acids is 5. The second-order valence-corrected chi connectivity index (χ2v) is 17.6. The Kier molecular flexibility index (Phi) is 15.6. The number of anilines is 1. The van der Waals surface area contributed by atoms with Crippen molar-refractivity contribution in [2.45, 2.75) is 121 Å². The molecule has 5 N–H and O–H groups in total. The van der Waals surface area contributed by atoms with E-state index < -0.39 is 29.9 Å².